The van der Waals surface area contributed by atoms with Gasteiger partial charge in [-0.25, -0.2) is 0 Å². The van der Waals surface area contributed by atoms with Crippen LogP contribution in [0.25, 0.3) is 0 Å². The number of halogens is 2. The largest absolute Gasteiger partial charge is 0.313 e. The van der Waals surface area contributed by atoms with E-state index < -0.39 is 0 Å². The average Bonchev–Trinajstić information content (AvgIpc) is 2.29. The zero-order valence-corrected chi connectivity index (χ0v) is 13.6. The minimum atomic E-state index is 0.651. The van der Waals surface area contributed by atoms with Crippen molar-refractivity contribution < 1.29 is 0 Å². The predicted molar refractivity (Wildman–Crippen MR) is 80.5 cm³/mol. The molecule has 0 radical (unpaired) electrons. The third-order valence-corrected chi connectivity index (χ3v) is 5.45. The lowest BCUT2D eigenvalue weighted by molar-refractivity contribution is 0.326. The molecule has 1 nitrogen and oxygen atoms in total. The van der Waals surface area contributed by atoms with Crippen molar-refractivity contribution in [2.24, 2.45) is 5.92 Å². The lowest BCUT2D eigenvalue weighted by Crippen LogP contribution is -2.39. The van der Waals surface area contributed by atoms with Crippen molar-refractivity contribution in [3.8, 4) is 0 Å². The molecule has 1 aromatic carbocycles. The van der Waals surface area contributed by atoms with Gasteiger partial charge in [-0.3, -0.25) is 0 Å². The van der Waals surface area contributed by atoms with Crippen molar-refractivity contribution in [1.29, 1.82) is 0 Å². The second-order valence-corrected chi connectivity index (χ2v) is 6.89. The second-order valence-electron chi connectivity index (χ2n) is 5.18. The van der Waals surface area contributed by atoms with Gasteiger partial charge >= 0.3 is 0 Å². The molecule has 0 spiro atoms. The Morgan fingerprint density at radius 1 is 1.24 bits per heavy atom. The van der Waals surface area contributed by atoms with Gasteiger partial charge in [-0.2, -0.15) is 0 Å². The van der Waals surface area contributed by atoms with E-state index in [1.807, 2.05) is 0 Å². The van der Waals surface area contributed by atoms with Gasteiger partial charge in [0, 0.05) is 15.0 Å². The van der Waals surface area contributed by atoms with Crippen molar-refractivity contribution in [2.75, 3.05) is 6.54 Å². The first-order valence-corrected chi connectivity index (χ1v) is 7.82. The molecule has 0 aromatic heterocycles. The van der Waals surface area contributed by atoms with Crippen LogP contribution in [-0.2, 0) is 6.42 Å². The molecule has 1 aliphatic heterocycles. The zero-order chi connectivity index (χ0) is 12.4. The summed E-state index contributed by atoms with van der Waals surface area (Å²) in [6.45, 7) is 5.68. The van der Waals surface area contributed by atoms with Crippen LogP contribution in [0.5, 0.6) is 0 Å². The van der Waals surface area contributed by atoms with E-state index in [9.17, 15) is 0 Å². The first-order chi connectivity index (χ1) is 8.06. The Kier molecular flexibility index (Phi) is 4.67. The summed E-state index contributed by atoms with van der Waals surface area (Å²) in [5.41, 5.74) is 2.83. The summed E-state index contributed by atoms with van der Waals surface area (Å²) in [5.74, 6) is 0.837. The molecule has 1 aromatic rings. The molecule has 1 N–H and O–H groups in total. The van der Waals surface area contributed by atoms with Crippen LogP contribution in [0.4, 0.5) is 0 Å². The molecule has 2 unspecified atom stereocenters. The van der Waals surface area contributed by atoms with E-state index in [4.69, 9.17) is 0 Å². The monoisotopic (exact) mass is 359 g/mol. The van der Waals surface area contributed by atoms with E-state index in [0.29, 0.717) is 6.04 Å². The highest BCUT2D eigenvalue weighted by atomic mass is 79.9. The van der Waals surface area contributed by atoms with Gasteiger partial charge in [0.15, 0.2) is 0 Å². The highest BCUT2D eigenvalue weighted by Crippen LogP contribution is 2.28. The molecule has 2 rings (SSSR count). The fraction of sp³-hybridized carbons (Fsp3) is 0.571. The summed E-state index contributed by atoms with van der Waals surface area (Å²) in [7, 11) is 0. The average molecular weight is 361 g/mol. The molecule has 3 heteroatoms. The smallest absolute Gasteiger partial charge is 0.0320 e. The normalized spacial score (nSPS) is 24.9. The number of benzene rings is 1. The number of hydrogen-bond donors (Lipinski definition) is 1. The van der Waals surface area contributed by atoms with Gasteiger partial charge in [-0.15, -0.1) is 0 Å². The molecule has 17 heavy (non-hydrogen) atoms. The lowest BCUT2D eigenvalue weighted by atomic mass is 9.91. The fourth-order valence-corrected chi connectivity index (χ4v) is 3.25. The number of rotatable bonds is 2. The third-order valence-electron chi connectivity index (χ3n) is 3.61. The molecule has 0 amide bonds. The summed E-state index contributed by atoms with van der Waals surface area (Å²) in [4.78, 5) is 0. The molecule has 1 fully saturated rings. The van der Waals surface area contributed by atoms with E-state index in [1.165, 1.54) is 30.5 Å². The van der Waals surface area contributed by atoms with Crippen LogP contribution in [0.3, 0.4) is 0 Å². The van der Waals surface area contributed by atoms with Crippen LogP contribution in [0.2, 0.25) is 0 Å². The van der Waals surface area contributed by atoms with E-state index in [0.717, 1.165) is 21.3 Å². The van der Waals surface area contributed by atoms with Gasteiger partial charge in [0.2, 0.25) is 0 Å². The van der Waals surface area contributed by atoms with Crippen molar-refractivity contribution >= 4 is 31.9 Å². The van der Waals surface area contributed by atoms with Gasteiger partial charge in [-0.05, 0) is 93.8 Å². The van der Waals surface area contributed by atoms with Gasteiger partial charge < -0.3 is 5.32 Å². The maximum absolute atomic E-state index is 3.65. The molecule has 1 saturated heterocycles. The third kappa shape index (κ3) is 3.55. The maximum atomic E-state index is 3.65. The van der Waals surface area contributed by atoms with Gasteiger partial charge in [-0.1, -0.05) is 6.92 Å². The Bertz CT molecular complexity index is 395. The number of aryl methyl sites for hydroxylation is 1. The summed E-state index contributed by atoms with van der Waals surface area (Å²) in [6.07, 6.45) is 3.80. The Hall–Kier alpha value is 0.140. The minimum absolute atomic E-state index is 0.651. The van der Waals surface area contributed by atoms with Crippen LogP contribution in [0, 0.1) is 12.8 Å². The van der Waals surface area contributed by atoms with Crippen LogP contribution in [0.15, 0.2) is 21.1 Å². The molecule has 1 aliphatic rings. The molecule has 94 valence electrons. The standard InChI is InChI=1S/C14H19Br2N/c1-9-3-4-12(17-8-9)6-11-7-14(16)13(15)5-10(11)2/h5,7,9,12,17H,3-4,6,8H2,1-2H3. The molecule has 1 heterocycles. The zero-order valence-electron chi connectivity index (χ0n) is 10.4. The highest BCUT2D eigenvalue weighted by molar-refractivity contribution is 9.13. The van der Waals surface area contributed by atoms with Crippen molar-refractivity contribution in [2.45, 2.75) is 39.2 Å². The first-order valence-electron chi connectivity index (χ1n) is 6.24. The number of nitrogens with one attached hydrogen (secondary N) is 1. The summed E-state index contributed by atoms with van der Waals surface area (Å²) >= 11 is 7.14. The predicted octanol–water partition coefficient (Wildman–Crippen LogP) is 4.45. The van der Waals surface area contributed by atoms with Crippen LogP contribution in [0.1, 0.15) is 30.9 Å². The topological polar surface area (TPSA) is 12.0 Å². The van der Waals surface area contributed by atoms with Crippen LogP contribution in [-0.4, -0.2) is 12.6 Å². The van der Waals surface area contributed by atoms with Crippen molar-refractivity contribution in [3.05, 3.63) is 32.2 Å². The summed E-state index contributed by atoms with van der Waals surface area (Å²) < 4.78 is 2.30. The Labute approximate surface area is 121 Å². The maximum Gasteiger partial charge on any atom is 0.0320 e. The lowest BCUT2D eigenvalue weighted by Gasteiger charge is -2.28. The van der Waals surface area contributed by atoms with E-state index in [1.54, 1.807) is 0 Å². The quantitative estimate of drug-likeness (QED) is 0.821. The van der Waals surface area contributed by atoms with E-state index in [2.05, 4.69) is 63.2 Å². The van der Waals surface area contributed by atoms with Gasteiger partial charge in [0.1, 0.15) is 0 Å². The Morgan fingerprint density at radius 2 is 1.94 bits per heavy atom. The molecular weight excluding hydrogens is 342 g/mol. The van der Waals surface area contributed by atoms with Crippen molar-refractivity contribution in [1.82, 2.24) is 5.32 Å². The number of piperidine rings is 1. The number of hydrogen-bond acceptors (Lipinski definition) is 1. The first kappa shape index (κ1) is 13.6. The fourth-order valence-electron chi connectivity index (χ4n) is 2.40. The Balaban J connectivity index is 2.06. The van der Waals surface area contributed by atoms with Crippen LogP contribution < -0.4 is 5.32 Å². The highest BCUT2D eigenvalue weighted by Gasteiger charge is 2.18. The molecule has 2 atom stereocenters. The van der Waals surface area contributed by atoms with Gasteiger partial charge in [0.25, 0.3) is 0 Å². The van der Waals surface area contributed by atoms with Gasteiger partial charge in [0.05, 0.1) is 0 Å². The van der Waals surface area contributed by atoms with E-state index in [-0.39, 0.29) is 0 Å². The molecule has 0 saturated carbocycles. The minimum Gasteiger partial charge on any atom is -0.313 e. The Morgan fingerprint density at radius 3 is 2.59 bits per heavy atom. The summed E-state index contributed by atoms with van der Waals surface area (Å²) in [5, 5.41) is 3.65. The second kappa shape index (κ2) is 5.85. The molecular formula is C14H19Br2N. The molecule has 0 aliphatic carbocycles. The van der Waals surface area contributed by atoms with E-state index >= 15 is 0 Å². The SMILES string of the molecule is Cc1cc(Br)c(Br)cc1CC1CCC(C)CN1. The molecule has 0 bridgehead atoms. The van der Waals surface area contributed by atoms with Crippen LogP contribution >= 0.6 is 31.9 Å². The van der Waals surface area contributed by atoms with Crippen molar-refractivity contribution in [3.63, 3.8) is 0 Å². The summed E-state index contributed by atoms with van der Waals surface area (Å²) in [6, 6.07) is 5.10.